The minimum atomic E-state index is 0.344. The fourth-order valence-electron chi connectivity index (χ4n) is 2.55. The largest absolute Gasteiger partial charge is 0.497 e. The summed E-state index contributed by atoms with van der Waals surface area (Å²) >= 11 is 6.05. The van der Waals surface area contributed by atoms with Gasteiger partial charge in [0.25, 0.3) is 0 Å². The molecule has 0 saturated heterocycles. The van der Waals surface area contributed by atoms with Gasteiger partial charge in [0.2, 0.25) is 0 Å². The minimum Gasteiger partial charge on any atom is -0.497 e. The van der Waals surface area contributed by atoms with E-state index in [-0.39, 0.29) is 0 Å². The van der Waals surface area contributed by atoms with E-state index in [0.717, 1.165) is 29.3 Å². The third kappa shape index (κ3) is 2.54. The van der Waals surface area contributed by atoms with Crippen LogP contribution in [0.5, 0.6) is 5.75 Å². The molecule has 0 aromatic heterocycles. The molecule has 1 heterocycles. The van der Waals surface area contributed by atoms with Gasteiger partial charge in [-0.3, -0.25) is 0 Å². The van der Waals surface area contributed by atoms with Crippen LogP contribution in [0, 0.1) is 0 Å². The zero-order valence-corrected chi connectivity index (χ0v) is 11.6. The standard InChI is InChI=1S/C16H16ClNO/c1-19-14-7-3-11(4-8-14)15-9-5-12-2-6-13(17)10-16(12)18-15/h2-4,6-8,10,15,18H,5,9H2,1H3/t15-/m0/s1. The van der Waals surface area contributed by atoms with Crippen molar-refractivity contribution in [1.29, 1.82) is 0 Å². The second-order valence-corrected chi connectivity index (χ2v) is 5.25. The molecule has 2 nitrogen and oxygen atoms in total. The summed E-state index contributed by atoms with van der Waals surface area (Å²) < 4.78 is 5.19. The van der Waals surface area contributed by atoms with E-state index >= 15 is 0 Å². The van der Waals surface area contributed by atoms with Crippen LogP contribution in [-0.4, -0.2) is 7.11 Å². The average Bonchev–Trinajstić information content (AvgIpc) is 2.46. The minimum absolute atomic E-state index is 0.344. The van der Waals surface area contributed by atoms with Gasteiger partial charge < -0.3 is 10.1 Å². The second kappa shape index (κ2) is 5.14. The molecule has 2 aromatic rings. The van der Waals surface area contributed by atoms with Gasteiger partial charge in [0.05, 0.1) is 13.2 Å². The molecule has 0 bridgehead atoms. The molecule has 19 heavy (non-hydrogen) atoms. The van der Waals surface area contributed by atoms with Crippen LogP contribution < -0.4 is 10.1 Å². The van der Waals surface area contributed by atoms with Crippen molar-refractivity contribution in [2.45, 2.75) is 18.9 Å². The summed E-state index contributed by atoms with van der Waals surface area (Å²) in [6.07, 6.45) is 2.18. The maximum absolute atomic E-state index is 6.05. The van der Waals surface area contributed by atoms with Crippen LogP contribution in [0.4, 0.5) is 5.69 Å². The molecule has 0 fully saturated rings. The number of benzene rings is 2. The average molecular weight is 274 g/mol. The first-order valence-corrected chi connectivity index (χ1v) is 6.83. The van der Waals surface area contributed by atoms with Crippen LogP contribution in [-0.2, 0) is 6.42 Å². The summed E-state index contributed by atoms with van der Waals surface area (Å²) in [4.78, 5) is 0. The molecular formula is C16H16ClNO. The summed E-state index contributed by atoms with van der Waals surface area (Å²) in [5.41, 5.74) is 3.78. The zero-order valence-electron chi connectivity index (χ0n) is 10.8. The summed E-state index contributed by atoms with van der Waals surface area (Å²) in [5, 5.41) is 4.35. The molecule has 0 saturated carbocycles. The van der Waals surface area contributed by atoms with E-state index in [2.05, 4.69) is 23.5 Å². The Morgan fingerprint density at radius 1 is 1.16 bits per heavy atom. The highest BCUT2D eigenvalue weighted by Gasteiger charge is 2.19. The molecule has 0 unspecified atom stereocenters. The lowest BCUT2D eigenvalue weighted by Crippen LogP contribution is -2.17. The van der Waals surface area contributed by atoms with E-state index in [1.807, 2.05) is 24.3 Å². The quantitative estimate of drug-likeness (QED) is 0.873. The van der Waals surface area contributed by atoms with Crippen molar-refractivity contribution in [2.75, 3.05) is 12.4 Å². The second-order valence-electron chi connectivity index (χ2n) is 4.81. The van der Waals surface area contributed by atoms with Crippen LogP contribution in [0.15, 0.2) is 42.5 Å². The number of nitrogens with one attached hydrogen (secondary N) is 1. The number of halogens is 1. The van der Waals surface area contributed by atoms with Gasteiger partial charge in [-0.05, 0) is 48.2 Å². The molecule has 0 spiro atoms. The molecule has 98 valence electrons. The van der Waals surface area contributed by atoms with Gasteiger partial charge in [-0.1, -0.05) is 29.8 Å². The van der Waals surface area contributed by atoms with Crippen molar-refractivity contribution in [1.82, 2.24) is 0 Å². The number of hydrogen-bond acceptors (Lipinski definition) is 2. The SMILES string of the molecule is COc1ccc([C@@H]2CCc3ccc(Cl)cc3N2)cc1. The zero-order chi connectivity index (χ0) is 13.2. The Morgan fingerprint density at radius 2 is 1.95 bits per heavy atom. The van der Waals surface area contributed by atoms with Crippen molar-refractivity contribution in [3.05, 3.63) is 58.6 Å². The Balaban J connectivity index is 1.84. The van der Waals surface area contributed by atoms with Crippen molar-refractivity contribution >= 4 is 17.3 Å². The van der Waals surface area contributed by atoms with E-state index in [1.54, 1.807) is 7.11 Å². The Morgan fingerprint density at radius 3 is 2.68 bits per heavy atom. The van der Waals surface area contributed by atoms with E-state index < -0.39 is 0 Å². The molecule has 0 radical (unpaired) electrons. The van der Waals surface area contributed by atoms with Crippen molar-refractivity contribution < 1.29 is 4.74 Å². The van der Waals surface area contributed by atoms with E-state index in [4.69, 9.17) is 16.3 Å². The number of hydrogen-bond donors (Lipinski definition) is 1. The van der Waals surface area contributed by atoms with Crippen molar-refractivity contribution in [3.8, 4) is 5.75 Å². The highest BCUT2D eigenvalue weighted by molar-refractivity contribution is 6.30. The number of ether oxygens (including phenoxy) is 1. The summed E-state index contributed by atoms with van der Waals surface area (Å²) in [6, 6.07) is 14.7. The predicted octanol–water partition coefficient (Wildman–Crippen LogP) is 4.45. The normalized spacial score (nSPS) is 17.5. The van der Waals surface area contributed by atoms with Gasteiger partial charge in [0.1, 0.15) is 5.75 Å². The number of aryl methyl sites for hydroxylation is 1. The molecule has 1 aliphatic heterocycles. The van der Waals surface area contributed by atoms with Gasteiger partial charge in [0.15, 0.2) is 0 Å². The van der Waals surface area contributed by atoms with Crippen molar-refractivity contribution in [3.63, 3.8) is 0 Å². The van der Waals surface area contributed by atoms with Crippen LogP contribution in [0.1, 0.15) is 23.6 Å². The van der Waals surface area contributed by atoms with Gasteiger partial charge in [0, 0.05) is 10.7 Å². The Kier molecular flexibility index (Phi) is 3.34. The molecule has 3 rings (SSSR count). The van der Waals surface area contributed by atoms with Crippen LogP contribution in [0.2, 0.25) is 5.02 Å². The number of rotatable bonds is 2. The lowest BCUT2D eigenvalue weighted by Gasteiger charge is -2.27. The van der Waals surface area contributed by atoms with Gasteiger partial charge in [-0.2, -0.15) is 0 Å². The molecule has 1 atom stereocenters. The Hall–Kier alpha value is -1.67. The summed E-state index contributed by atoms with van der Waals surface area (Å²) in [5.74, 6) is 0.892. The first-order valence-electron chi connectivity index (χ1n) is 6.45. The number of anilines is 1. The highest BCUT2D eigenvalue weighted by Crippen LogP contribution is 2.34. The molecular weight excluding hydrogens is 258 g/mol. The Labute approximate surface area is 118 Å². The molecule has 1 N–H and O–H groups in total. The van der Waals surface area contributed by atoms with Gasteiger partial charge >= 0.3 is 0 Å². The topological polar surface area (TPSA) is 21.3 Å². The lowest BCUT2D eigenvalue weighted by atomic mass is 9.93. The fourth-order valence-corrected chi connectivity index (χ4v) is 2.72. The smallest absolute Gasteiger partial charge is 0.118 e. The lowest BCUT2D eigenvalue weighted by molar-refractivity contribution is 0.414. The molecule has 0 amide bonds. The van der Waals surface area contributed by atoms with Crippen LogP contribution in [0.25, 0.3) is 0 Å². The highest BCUT2D eigenvalue weighted by atomic mass is 35.5. The van der Waals surface area contributed by atoms with Gasteiger partial charge in [-0.25, -0.2) is 0 Å². The third-order valence-electron chi connectivity index (χ3n) is 3.62. The van der Waals surface area contributed by atoms with E-state index in [9.17, 15) is 0 Å². The molecule has 3 heteroatoms. The first kappa shape index (κ1) is 12.4. The van der Waals surface area contributed by atoms with E-state index in [1.165, 1.54) is 11.1 Å². The number of fused-ring (bicyclic) bond motifs is 1. The predicted molar refractivity (Wildman–Crippen MR) is 79.1 cm³/mol. The molecule has 2 aromatic carbocycles. The third-order valence-corrected chi connectivity index (χ3v) is 3.86. The van der Waals surface area contributed by atoms with Crippen LogP contribution >= 0.6 is 11.6 Å². The summed E-state index contributed by atoms with van der Waals surface area (Å²) in [7, 11) is 1.69. The maximum atomic E-state index is 6.05. The molecule has 1 aliphatic rings. The monoisotopic (exact) mass is 273 g/mol. The van der Waals surface area contributed by atoms with Crippen molar-refractivity contribution in [2.24, 2.45) is 0 Å². The fraction of sp³-hybridized carbons (Fsp3) is 0.250. The van der Waals surface area contributed by atoms with E-state index in [0.29, 0.717) is 6.04 Å². The summed E-state index contributed by atoms with van der Waals surface area (Å²) in [6.45, 7) is 0. The Bertz CT molecular complexity index is 580. The number of methoxy groups -OCH3 is 1. The van der Waals surface area contributed by atoms with Crippen LogP contribution in [0.3, 0.4) is 0 Å². The van der Waals surface area contributed by atoms with Gasteiger partial charge in [-0.15, -0.1) is 0 Å². The molecule has 0 aliphatic carbocycles. The first-order chi connectivity index (χ1) is 9.26. The maximum Gasteiger partial charge on any atom is 0.118 e.